The first-order chi connectivity index (χ1) is 9.39. The molecule has 0 saturated carbocycles. The molecule has 2 aliphatic heterocycles. The number of ether oxygens (including phenoxy) is 1. The van der Waals surface area contributed by atoms with Crippen LogP contribution in [0.1, 0.15) is 18.2 Å². The minimum Gasteiger partial charge on any atom is -0.393 e. The lowest BCUT2D eigenvalue weighted by molar-refractivity contribution is -0.178. The van der Waals surface area contributed by atoms with Crippen molar-refractivity contribution in [3.63, 3.8) is 0 Å². The number of nitrogens with one attached hydrogen (secondary N) is 1. The summed E-state index contributed by atoms with van der Waals surface area (Å²) in [6.07, 6.45) is 1.04. The van der Waals surface area contributed by atoms with Gasteiger partial charge < -0.3 is 14.7 Å². The molecule has 3 rings (SSSR count). The van der Waals surface area contributed by atoms with E-state index in [0.29, 0.717) is 12.0 Å². The Hall–Kier alpha value is -1.93. The Balaban J connectivity index is 2.07. The third-order valence-corrected chi connectivity index (χ3v) is 4.10. The van der Waals surface area contributed by atoms with E-state index in [1.807, 2.05) is 0 Å². The van der Waals surface area contributed by atoms with Crippen LogP contribution < -0.4 is 11.2 Å². The molecule has 3 atom stereocenters. The van der Waals surface area contributed by atoms with Gasteiger partial charge in [-0.25, -0.2) is 4.79 Å². The number of aliphatic hydroxyl groups is 1. The van der Waals surface area contributed by atoms with Gasteiger partial charge in [0.05, 0.1) is 12.6 Å². The Labute approximate surface area is 113 Å². The van der Waals surface area contributed by atoms with E-state index in [1.54, 1.807) is 14.0 Å². The predicted octanol–water partition coefficient (Wildman–Crippen LogP) is -1.66. The molecule has 1 amide bonds. The lowest BCUT2D eigenvalue weighted by atomic mass is 10.0. The van der Waals surface area contributed by atoms with Crippen LogP contribution >= 0.6 is 0 Å². The van der Waals surface area contributed by atoms with Crippen LogP contribution in [0, 0.1) is 6.92 Å². The minimum absolute atomic E-state index is 0.282. The van der Waals surface area contributed by atoms with Crippen LogP contribution in [-0.2, 0) is 9.53 Å². The van der Waals surface area contributed by atoms with Crippen molar-refractivity contribution < 1.29 is 14.6 Å². The van der Waals surface area contributed by atoms with Crippen LogP contribution in [0.2, 0.25) is 0 Å². The van der Waals surface area contributed by atoms with E-state index in [0.717, 1.165) is 0 Å². The average molecular weight is 281 g/mol. The van der Waals surface area contributed by atoms with Gasteiger partial charge in [-0.05, 0) is 6.92 Å². The Morgan fingerprint density at radius 1 is 1.50 bits per heavy atom. The van der Waals surface area contributed by atoms with Crippen LogP contribution in [0.5, 0.6) is 0 Å². The van der Waals surface area contributed by atoms with Crippen LogP contribution in [0.4, 0.5) is 0 Å². The summed E-state index contributed by atoms with van der Waals surface area (Å²) in [7, 11) is 1.61. The average Bonchev–Trinajstić information content (AvgIpc) is 2.91. The number of aromatic amines is 1. The maximum Gasteiger partial charge on any atom is 0.330 e. The number of likely N-dealkylation sites (tertiary alicyclic amines) is 1. The molecule has 108 valence electrons. The lowest BCUT2D eigenvalue weighted by Crippen LogP contribution is -2.52. The number of morpholine rings is 1. The molecule has 1 aromatic heterocycles. The van der Waals surface area contributed by atoms with E-state index in [9.17, 15) is 19.5 Å². The summed E-state index contributed by atoms with van der Waals surface area (Å²) in [5.41, 5.74) is -1.93. The summed E-state index contributed by atoms with van der Waals surface area (Å²) in [6.45, 7) is 1.15. The highest BCUT2D eigenvalue weighted by Gasteiger charge is 2.61. The SMILES string of the molecule is Cc1cn([C@@H]2O[C@]3(CO)C[C@H]2N(C)C3=O)c(=O)[nH]c1=O. The van der Waals surface area contributed by atoms with Crippen LogP contribution in [0.3, 0.4) is 0 Å². The van der Waals surface area contributed by atoms with E-state index < -0.39 is 29.7 Å². The number of likely N-dealkylation sites (N-methyl/N-ethyl adjacent to an activating group) is 1. The monoisotopic (exact) mass is 281 g/mol. The molecular formula is C12H15N3O5. The number of hydrogen-bond acceptors (Lipinski definition) is 5. The van der Waals surface area contributed by atoms with Crippen molar-refractivity contribution >= 4 is 5.91 Å². The normalized spacial score (nSPS) is 32.1. The van der Waals surface area contributed by atoms with Crippen molar-refractivity contribution in [2.75, 3.05) is 13.7 Å². The number of hydrogen-bond donors (Lipinski definition) is 2. The second-order valence-electron chi connectivity index (χ2n) is 5.33. The number of carbonyl (C=O) groups excluding carboxylic acids is 1. The molecule has 2 fully saturated rings. The van der Waals surface area contributed by atoms with Crippen molar-refractivity contribution in [2.24, 2.45) is 0 Å². The van der Waals surface area contributed by atoms with Gasteiger partial charge in [0.2, 0.25) is 0 Å². The van der Waals surface area contributed by atoms with Gasteiger partial charge in [-0.2, -0.15) is 0 Å². The molecule has 20 heavy (non-hydrogen) atoms. The fourth-order valence-electron chi connectivity index (χ4n) is 2.92. The van der Waals surface area contributed by atoms with Crippen molar-refractivity contribution in [1.82, 2.24) is 14.5 Å². The number of aromatic nitrogens is 2. The number of carbonyl (C=O) groups is 1. The maximum atomic E-state index is 12.0. The number of H-pyrrole nitrogens is 1. The Bertz CT molecular complexity index is 693. The van der Waals surface area contributed by atoms with Crippen molar-refractivity contribution in [1.29, 1.82) is 0 Å². The van der Waals surface area contributed by atoms with Gasteiger partial charge in [-0.3, -0.25) is 19.1 Å². The lowest BCUT2D eigenvalue weighted by Gasteiger charge is -2.34. The van der Waals surface area contributed by atoms with E-state index >= 15 is 0 Å². The number of aryl methyl sites for hydroxylation is 1. The molecule has 0 aromatic carbocycles. The number of aliphatic hydroxyl groups excluding tert-OH is 1. The zero-order chi connectivity index (χ0) is 14.7. The molecule has 0 spiro atoms. The molecule has 2 saturated heterocycles. The largest absolute Gasteiger partial charge is 0.393 e. The molecule has 0 aliphatic carbocycles. The van der Waals surface area contributed by atoms with Gasteiger partial charge in [0, 0.05) is 25.2 Å². The zero-order valence-electron chi connectivity index (χ0n) is 11.1. The summed E-state index contributed by atoms with van der Waals surface area (Å²) in [5, 5.41) is 9.45. The first-order valence-electron chi connectivity index (χ1n) is 6.27. The fourth-order valence-corrected chi connectivity index (χ4v) is 2.92. The summed E-state index contributed by atoms with van der Waals surface area (Å²) >= 11 is 0. The molecule has 2 N–H and O–H groups in total. The van der Waals surface area contributed by atoms with Gasteiger partial charge in [-0.1, -0.05) is 0 Å². The van der Waals surface area contributed by atoms with Gasteiger partial charge in [-0.15, -0.1) is 0 Å². The fraction of sp³-hybridized carbons (Fsp3) is 0.583. The van der Waals surface area contributed by atoms with E-state index in [-0.39, 0.29) is 11.9 Å². The highest BCUT2D eigenvalue weighted by atomic mass is 16.6. The first-order valence-corrected chi connectivity index (χ1v) is 6.27. The quantitative estimate of drug-likeness (QED) is 0.675. The van der Waals surface area contributed by atoms with Crippen molar-refractivity contribution in [3.8, 4) is 0 Å². The maximum absolute atomic E-state index is 12.0. The van der Waals surface area contributed by atoms with Gasteiger partial charge in [0.1, 0.15) is 0 Å². The van der Waals surface area contributed by atoms with Crippen molar-refractivity contribution in [2.45, 2.75) is 31.2 Å². The first kappa shape index (κ1) is 13.1. The Morgan fingerprint density at radius 3 is 2.80 bits per heavy atom. The molecule has 1 aromatic rings. The standard InChI is InChI=1S/C12H15N3O5/c1-6-4-15(11(19)13-8(6)17)9-7-3-12(5-16,20-9)10(18)14(7)2/h4,7,9,16H,3,5H2,1-2H3,(H,13,17,19)/t7-,9-,12+/m1/s1. The molecule has 0 radical (unpaired) electrons. The molecule has 8 nitrogen and oxygen atoms in total. The number of amides is 1. The molecule has 8 heteroatoms. The molecule has 0 unspecified atom stereocenters. The second-order valence-corrected chi connectivity index (χ2v) is 5.33. The highest BCUT2D eigenvalue weighted by molar-refractivity contribution is 5.89. The predicted molar refractivity (Wildman–Crippen MR) is 67.2 cm³/mol. The molecule has 3 heterocycles. The third kappa shape index (κ3) is 1.52. The minimum atomic E-state index is -1.27. The van der Waals surface area contributed by atoms with E-state index in [4.69, 9.17) is 4.74 Å². The summed E-state index contributed by atoms with van der Waals surface area (Å²) in [4.78, 5) is 39.0. The Morgan fingerprint density at radius 2 is 2.20 bits per heavy atom. The topological polar surface area (TPSA) is 105 Å². The molecular weight excluding hydrogens is 266 g/mol. The number of rotatable bonds is 2. The Kier molecular flexibility index (Phi) is 2.63. The van der Waals surface area contributed by atoms with Crippen LogP contribution in [0.25, 0.3) is 0 Å². The number of nitrogens with zero attached hydrogens (tertiary/aromatic N) is 2. The van der Waals surface area contributed by atoms with Crippen LogP contribution in [-0.4, -0.2) is 50.8 Å². The zero-order valence-corrected chi connectivity index (χ0v) is 11.1. The van der Waals surface area contributed by atoms with Gasteiger partial charge in [0.15, 0.2) is 11.8 Å². The third-order valence-electron chi connectivity index (χ3n) is 4.10. The summed E-state index contributed by atoms with van der Waals surface area (Å²) < 4.78 is 6.91. The molecule has 2 aliphatic rings. The smallest absolute Gasteiger partial charge is 0.330 e. The highest BCUT2D eigenvalue weighted by Crippen LogP contribution is 2.45. The van der Waals surface area contributed by atoms with Gasteiger partial charge >= 0.3 is 5.69 Å². The summed E-state index contributed by atoms with van der Waals surface area (Å²) in [6, 6.07) is -0.336. The van der Waals surface area contributed by atoms with Gasteiger partial charge in [0.25, 0.3) is 11.5 Å². The van der Waals surface area contributed by atoms with Crippen LogP contribution in [0.15, 0.2) is 15.8 Å². The molecule has 2 bridgehead atoms. The summed E-state index contributed by atoms with van der Waals surface area (Å²) in [5.74, 6) is -0.282. The van der Waals surface area contributed by atoms with E-state index in [2.05, 4.69) is 4.98 Å². The second kappa shape index (κ2) is 4.03. The van der Waals surface area contributed by atoms with Crippen molar-refractivity contribution in [3.05, 3.63) is 32.6 Å². The number of fused-ring (bicyclic) bond motifs is 2. The van der Waals surface area contributed by atoms with E-state index in [1.165, 1.54) is 15.7 Å².